The third-order valence-electron chi connectivity index (χ3n) is 1.70. The molecule has 0 atom stereocenters. The molecule has 3 rings (SSSR count). The number of benzene rings is 1. The van der Waals surface area contributed by atoms with Crippen molar-refractivity contribution in [3.8, 4) is 11.5 Å². The first-order chi connectivity index (χ1) is 5.40. The average molecular weight is 150 g/mol. The molecule has 0 N–H and O–H groups in total. The van der Waals surface area contributed by atoms with Gasteiger partial charge < -0.3 is 9.47 Å². The zero-order chi connectivity index (χ0) is 7.68. The fourth-order valence-corrected chi connectivity index (χ4v) is 1.19. The molecule has 0 amide bonds. The van der Waals surface area contributed by atoms with Crippen LogP contribution in [0.15, 0.2) is 18.2 Å². The van der Waals surface area contributed by atoms with E-state index in [1.807, 2.05) is 19.1 Å². The van der Waals surface area contributed by atoms with Crippen molar-refractivity contribution in [1.29, 1.82) is 0 Å². The van der Waals surface area contributed by atoms with Gasteiger partial charge in [-0.1, -0.05) is 6.07 Å². The average Bonchev–Trinajstić information content (AvgIpc) is 2.07. The first-order valence-corrected chi connectivity index (χ1v) is 3.78. The molecular formula is C9H10O2. The summed E-state index contributed by atoms with van der Waals surface area (Å²) in [5, 5.41) is 0. The molecule has 2 nitrogen and oxygen atoms in total. The van der Waals surface area contributed by atoms with Crippen LogP contribution in [0, 0.1) is 0 Å². The van der Waals surface area contributed by atoms with Crippen molar-refractivity contribution < 1.29 is 9.47 Å². The molecule has 2 heterocycles. The van der Waals surface area contributed by atoms with Crippen molar-refractivity contribution in [1.82, 2.24) is 0 Å². The second-order valence-corrected chi connectivity index (χ2v) is 2.50. The Labute approximate surface area is 65.7 Å². The third-order valence-corrected chi connectivity index (χ3v) is 1.70. The minimum absolute atomic E-state index is 0.694. The van der Waals surface area contributed by atoms with Crippen LogP contribution >= 0.6 is 0 Å². The Morgan fingerprint density at radius 1 is 1.55 bits per heavy atom. The summed E-state index contributed by atoms with van der Waals surface area (Å²) in [6.07, 6.45) is 0. The third kappa shape index (κ3) is 1.04. The van der Waals surface area contributed by atoms with Crippen LogP contribution in [0.25, 0.3) is 0 Å². The van der Waals surface area contributed by atoms with Crippen LogP contribution in [0.1, 0.15) is 12.5 Å². The van der Waals surface area contributed by atoms with E-state index in [2.05, 4.69) is 6.07 Å². The minimum Gasteiger partial charge on any atom is -0.490 e. The van der Waals surface area contributed by atoms with Crippen LogP contribution < -0.4 is 9.47 Å². The standard InChI is InChI=1S/C9H10O2/c1-2-10-9-5-7-3-4-8(9)11-6-7/h3-5H,2,6H2,1H3. The number of ether oxygens (including phenoxy) is 2. The Kier molecular flexibility index (Phi) is 1.46. The molecule has 58 valence electrons. The molecule has 0 spiro atoms. The molecule has 0 saturated heterocycles. The Morgan fingerprint density at radius 3 is 2.91 bits per heavy atom. The maximum Gasteiger partial charge on any atom is 0.161 e. The fraction of sp³-hybridized carbons (Fsp3) is 0.333. The second-order valence-electron chi connectivity index (χ2n) is 2.50. The second kappa shape index (κ2) is 2.46. The molecule has 0 radical (unpaired) electrons. The Balaban J connectivity index is 2.36. The lowest BCUT2D eigenvalue weighted by Crippen LogP contribution is -2.05. The van der Waals surface area contributed by atoms with E-state index >= 15 is 0 Å². The maximum atomic E-state index is 5.34. The molecule has 2 aliphatic heterocycles. The number of hydrogen-bond donors (Lipinski definition) is 0. The van der Waals surface area contributed by atoms with Gasteiger partial charge in [0.2, 0.25) is 0 Å². The van der Waals surface area contributed by atoms with E-state index in [9.17, 15) is 0 Å². The zero-order valence-electron chi connectivity index (χ0n) is 6.46. The highest BCUT2D eigenvalue weighted by Gasteiger charge is 2.11. The maximum absolute atomic E-state index is 5.34. The quantitative estimate of drug-likeness (QED) is 0.641. The van der Waals surface area contributed by atoms with Crippen molar-refractivity contribution in [2.75, 3.05) is 6.61 Å². The van der Waals surface area contributed by atoms with Crippen molar-refractivity contribution in [3.63, 3.8) is 0 Å². The Morgan fingerprint density at radius 2 is 2.45 bits per heavy atom. The number of fused-ring (bicyclic) bond motifs is 3. The molecule has 1 aromatic rings. The van der Waals surface area contributed by atoms with E-state index in [1.165, 1.54) is 5.56 Å². The van der Waals surface area contributed by atoms with Gasteiger partial charge in [0.15, 0.2) is 11.5 Å². The van der Waals surface area contributed by atoms with Crippen molar-refractivity contribution >= 4 is 0 Å². The molecule has 11 heavy (non-hydrogen) atoms. The summed E-state index contributed by atoms with van der Waals surface area (Å²) in [7, 11) is 0. The van der Waals surface area contributed by atoms with E-state index in [4.69, 9.17) is 9.47 Å². The summed E-state index contributed by atoms with van der Waals surface area (Å²) >= 11 is 0. The van der Waals surface area contributed by atoms with Crippen LogP contribution in [-0.2, 0) is 6.61 Å². The van der Waals surface area contributed by atoms with Crippen molar-refractivity contribution in [2.24, 2.45) is 0 Å². The lowest BCUT2D eigenvalue weighted by Gasteiger charge is -2.18. The highest BCUT2D eigenvalue weighted by Crippen LogP contribution is 2.33. The van der Waals surface area contributed by atoms with Crippen LogP contribution in [-0.4, -0.2) is 6.61 Å². The van der Waals surface area contributed by atoms with Gasteiger partial charge in [-0.2, -0.15) is 0 Å². The smallest absolute Gasteiger partial charge is 0.161 e. The monoisotopic (exact) mass is 150 g/mol. The summed E-state index contributed by atoms with van der Waals surface area (Å²) in [5.74, 6) is 1.73. The van der Waals surface area contributed by atoms with Gasteiger partial charge in [0.05, 0.1) is 6.61 Å². The number of rotatable bonds is 2. The number of hydrogen-bond acceptors (Lipinski definition) is 2. The Bertz CT molecular complexity index is 268. The van der Waals surface area contributed by atoms with E-state index in [1.54, 1.807) is 0 Å². The highest BCUT2D eigenvalue weighted by atomic mass is 16.5. The molecule has 0 saturated carbocycles. The molecular weight excluding hydrogens is 140 g/mol. The lowest BCUT2D eigenvalue weighted by molar-refractivity contribution is 0.254. The highest BCUT2D eigenvalue weighted by molar-refractivity contribution is 5.45. The molecule has 0 fully saturated rings. The predicted molar refractivity (Wildman–Crippen MR) is 41.9 cm³/mol. The summed E-state index contributed by atoms with van der Waals surface area (Å²) in [4.78, 5) is 0. The van der Waals surface area contributed by atoms with E-state index < -0.39 is 0 Å². The van der Waals surface area contributed by atoms with Gasteiger partial charge in [-0.05, 0) is 24.6 Å². The van der Waals surface area contributed by atoms with E-state index in [0.717, 1.165) is 11.5 Å². The van der Waals surface area contributed by atoms with E-state index in [-0.39, 0.29) is 0 Å². The molecule has 1 aromatic carbocycles. The molecule has 0 aliphatic carbocycles. The molecule has 0 unspecified atom stereocenters. The van der Waals surface area contributed by atoms with Crippen LogP contribution in [0.3, 0.4) is 0 Å². The fourth-order valence-electron chi connectivity index (χ4n) is 1.19. The van der Waals surface area contributed by atoms with Gasteiger partial charge in [-0.25, -0.2) is 0 Å². The van der Waals surface area contributed by atoms with Gasteiger partial charge in [-0.15, -0.1) is 0 Å². The summed E-state index contributed by atoms with van der Waals surface area (Å²) in [5.41, 5.74) is 1.18. The van der Waals surface area contributed by atoms with Gasteiger partial charge in [0, 0.05) is 0 Å². The van der Waals surface area contributed by atoms with E-state index in [0.29, 0.717) is 13.2 Å². The summed E-state index contributed by atoms with van der Waals surface area (Å²) < 4.78 is 10.7. The predicted octanol–water partition coefficient (Wildman–Crippen LogP) is 1.98. The molecule has 2 heteroatoms. The topological polar surface area (TPSA) is 18.5 Å². The SMILES string of the molecule is CCOc1cc2ccc1OC2. The zero-order valence-corrected chi connectivity index (χ0v) is 6.46. The lowest BCUT2D eigenvalue weighted by atomic mass is 10.1. The van der Waals surface area contributed by atoms with Crippen LogP contribution in [0.4, 0.5) is 0 Å². The Hall–Kier alpha value is -1.18. The molecule has 0 aromatic heterocycles. The summed E-state index contributed by atoms with van der Waals surface area (Å²) in [6.45, 7) is 3.36. The first kappa shape index (κ1) is 6.53. The van der Waals surface area contributed by atoms with Crippen molar-refractivity contribution in [2.45, 2.75) is 13.5 Å². The first-order valence-electron chi connectivity index (χ1n) is 3.78. The van der Waals surface area contributed by atoms with Gasteiger partial charge in [0.25, 0.3) is 0 Å². The minimum atomic E-state index is 0.694. The molecule has 2 aliphatic rings. The summed E-state index contributed by atoms with van der Waals surface area (Å²) in [6, 6.07) is 6.04. The molecule has 2 bridgehead atoms. The normalized spacial score (nSPS) is 12.8. The van der Waals surface area contributed by atoms with Crippen LogP contribution in [0.2, 0.25) is 0 Å². The van der Waals surface area contributed by atoms with Gasteiger partial charge in [-0.3, -0.25) is 0 Å². The van der Waals surface area contributed by atoms with Gasteiger partial charge >= 0.3 is 0 Å². The van der Waals surface area contributed by atoms with Crippen LogP contribution in [0.5, 0.6) is 11.5 Å². The van der Waals surface area contributed by atoms with Gasteiger partial charge in [0.1, 0.15) is 6.61 Å². The largest absolute Gasteiger partial charge is 0.490 e. The van der Waals surface area contributed by atoms with Crippen molar-refractivity contribution in [3.05, 3.63) is 23.8 Å².